The zero-order valence-corrected chi connectivity index (χ0v) is 9.06. The number of carbonyl (C=O) groups excluding carboxylic acids is 2. The highest BCUT2D eigenvalue weighted by molar-refractivity contribution is 5.86. The third-order valence-electron chi connectivity index (χ3n) is 1.98. The van der Waals surface area contributed by atoms with E-state index in [1.807, 2.05) is 0 Å². The number of aldehydes is 1. The Labute approximate surface area is 88.2 Å². The second kappa shape index (κ2) is 6.00. The van der Waals surface area contributed by atoms with E-state index in [1.165, 1.54) is 7.05 Å². The van der Waals surface area contributed by atoms with E-state index < -0.39 is 18.0 Å². The molecule has 6 nitrogen and oxygen atoms in total. The Morgan fingerprint density at radius 2 is 2.00 bits per heavy atom. The van der Waals surface area contributed by atoms with Crippen LogP contribution in [0.3, 0.4) is 0 Å². The minimum atomic E-state index is -1.17. The summed E-state index contributed by atoms with van der Waals surface area (Å²) in [6.45, 7) is 3.38. The fourth-order valence-electron chi connectivity index (χ4n) is 1.29. The van der Waals surface area contributed by atoms with Gasteiger partial charge in [-0.3, -0.25) is 9.69 Å². The largest absolute Gasteiger partial charge is 0.465 e. The standard InChI is InChI=1S/C9H16N2O4/c1-6(2)7(11(3)9(14)15)8(13)10-4-5-12/h5-7H,4H2,1-3H3,(H,10,13)(H,14,15). The molecular weight excluding hydrogens is 200 g/mol. The lowest BCUT2D eigenvalue weighted by molar-refractivity contribution is -0.127. The predicted molar refractivity (Wildman–Crippen MR) is 53.5 cm³/mol. The van der Waals surface area contributed by atoms with Gasteiger partial charge in [-0.15, -0.1) is 0 Å². The zero-order chi connectivity index (χ0) is 12.0. The maximum atomic E-state index is 11.5. The van der Waals surface area contributed by atoms with E-state index in [4.69, 9.17) is 5.11 Å². The Balaban J connectivity index is 4.58. The minimum absolute atomic E-state index is 0.102. The fourth-order valence-corrected chi connectivity index (χ4v) is 1.29. The highest BCUT2D eigenvalue weighted by atomic mass is 16.4. The molecule has 0 radical (unpaired) electrons. The van der Waals surface area contributed by atoms with Gasteiger partial charge in [-0.05, 0) is 5.92 Å². The number of carbonyl (C=O) groups is 3. The zero-order valence-electron chi connectivity index (χ0n) is 9.06. The summed E-state index contributed by atoms with van der Waals surface area (Å²) in [5, 5.41) is 11.1. The lowest BCUT2D eigenvalue weighted by Crippen LogP contribution is -2.50. The number of hydrogen-bond acceptors (Lipinski definition) is 3. The molecule has 0 aliphatic carbocycles. The van der Waals surface area contributed by atoms with Crippen molar-refractivity contribution in [1.82, 2.24) is 10.2 Å². The molecule has 0 aromatic heterocycles. The third kappa shape index (κ3) is 3.97. The molecule has 0 fully saturated rings. The smallest absolute Gasteiger partial charge is 0.407 e. The van der Waals surface area contributed by atoms with Gasteiger partial charge in [-0.1, -0.05) is 13.8 Å². The van der Waals surface area contributed by atoms with Crippen molar-refractivity contribution in [2.75, 3.05) is 13.6 Å². The van der Waals surface area contributed by atoms with Gasteiger partial charge in [0.1, 0.15) is 12.3 Å². The predicted octanol–water partition coefficient (Wildman–Crippen LogP) is -0.0641. The Hall–Kier alpha value is -1.59. The maximum absolute atomic E-state index is 11.5. The molecule has 0 aliphatic heterocycles. The van der Waals surface area contributed by atoms with E-state index in [2.05, 4.69) is 5.32 Å². The summed E-state index contributed by atoms with van der Waals surface area (Å²) in [7, 11) is 1.33. The van der Waals surface area contributed by atoms with Crippen LogP contribution < -0.4 is 5.32 Å². The molecule has 2 N–H and O–H groups in total. The summed E-state index contributed by atoms with van der Waals surface area (Å²) >= 11 is 0. The maximum Gasteiger partial charge on any atom is 0.407 e. The van der Waals surface area contributed by atoms with Gasteiger partial charge in [0.15, 0.2) is 0 Å². The molecule has 0 aromatic rings. The molecule has 15 heavy (non-hydrogen) atoms. The fraction of sp³-hybridized carbons (Fsp3) is 0.667. The lowest BCUT2D eigenvalue weighted by atomic mass is 10.0. The van der Waals surface area contributed by atoms with E-state index in [-0.39, 0.29) is 12.5 Å². The van der Waals surface area contributed by atoms with Gasteiger partial charge in [0.05, 0.1) is 6.54 Å². The molecule has 0 heterocycles. The molecule has 2 amide bonds. The second-order valence-corrected chi connectivity index (χ2v) is 3.49. The van der Waals surface area contributed by atoms with Gasteiger partial charge in [0.2, 0.25) is 5.91 Å². The molecule has 0 saturated heterocycles. The van der Waals surface area contributed by atoms with Crippen molar-refractivity contribution in [1.29, 1.82) is 0 Å². The summed E-state index contributed by atoms with van der Waals surface area (Å²) < 4.78 is 0. The average Bonchev–Trinajstić information content (AvgIpc) is 2.14. The van der Waals surface area contributed by atoms with Crippen molar-refractivity contribution >= 4 is 18.3 Å². The molecule has 0 spiro atoms. The summed E-state index contributed by atoms with van der Waals surface area (Å²) in [6.07, 6.45) is -0.620. The molecule has 0 rings (SSSR count). The second-order valence-electron chi connectivity index (χ2n) is 3.49. The lowest BCUT2D eigenvalue weighted by Gasteiger charge is -2.27. The highest BCUT2D eigenvalue weighted by Crippen LogP contribution is 2.09. The Bertz CT molecular complexity index is 252. The van der Waals surface area contributed by atoms with Gasteiger partial charge in [-0.25, -0.2) is 4.79 Å². The topological polar surface area (TPSA) is 86.7 Å². The molecule has 1 unspecified atom stereocenters. The first-order valence-electron chi connectivity index (χ1n) is 4.59. The summed E-state index contributed by atoms with van der Waals surface area (Å²) in [6, 6.07) is -0.776. The van der Waals surface area contributed by atoms with Crippen LogP contribution in [0.25, 0.3) is 0 Å². The van der Waals surface area contributed by atoms with E-state index in [1.54, 1.807) is 13.8 Å². The summed E-state index contributed by atoms with van der Waals surface area (Å²) in [5.41, 5.74) is 0. The molecule has 86 valence electrons. The Morgan fingerprint density at radius 1 is 1.47 bits per heavy atom. The van der Waals surface area contributed by atoms with Gasteiger partial charge >= 0.3 is 6.09 Å². The number of rotatable bonds is 5. The van der Waals surface area contributed by atoms with E-state index in [0.29, 0.717) is 6.29 Å². The van der Waals surface area contributed by atoms with Crippen LogP contribution in [-0.4, -0.2) is 47.9 Å². The van der Waals surface area contributed by atoms with Gasteiger partial charge in [-0.2, -0.15) is 0 Å². The van der Waals surface area contributed by atoms with Crippen molar-refractivity contribution in [3.05, 3.63) is 0 Å². The summed E-state index contributed by atoms with van der Waals surface area (Å²) in [5.74, 6) is -0.611. The number of hydrogen-bond donors (Lipinski definition) is 2. The molecule has 0 bridgehead atoms. The SMILES string of the molecule is CC(C)C(C(=O)NCC=O)N(C)C(=O)O. The molecule has 0 aliphatic rings. The number of carboxylic acid groups (broad SMARTS) is 1. The van der Waals surface area contributed by atoms with Crippen LogP contribution in [0.2, 0.25) is 0 Å². The van der Waals surface area contributed by atoms with Crippen LogP contribution in [0.15, 0.2) is 0 Å². The number of nitrogens with one attached hydrogen (secondary N) is 1. The first kappa shape index (κ1) is 13.4. The number of nitrogens with zero attached hydrogens (tertiary/aromatic N) is 1. The van der Waals surface area contributed by atoms with Crippen molar-refractivity contribution in [3.63, 3.8) is 0 Å². The molecular formula is C9H16N2O4. The monoisotopic (exact) mass is 216 g/mol. The minimum Gasteiger partial charge on any atom is -0.465 e. The van der Waals surface area contributed by atoms with Crippen LogP contribution >= 0.6 is 0 Å². The summed E-state index contributed by atoms with van der Waals surface area (Å²) in [4.78, 5) is 33.2. The normalized spacial score (nSPS) is 12.0. The molecule has 6 heteroatoms. The third-order valence-corrected chi connectivity index (χ3v) is 1.98. The quantitative estimate of drug-likeness (QED) is 0.630. The van der Waals surface area contributed by atoms with Crippen LogP contribution in [0.4, 0.5) is 4.79 Å². The van der Waals surface area contributed by atoms with Crippen molar-refractivity contribution < 1.29 is 19.5 Å². The van der Waals surface area contributed by atoms with Gasteiger partial charge in [0.25, 0.3) is 0 Å². The Kier molecular flexibility index (Phi) is 5.36. The molecule has 0 aromatic carbocycles. The van der Waals surface area contributed by atoms with Crippen molar-refractivity contribution in [2.24, 2.45) is 5.92 Å². The van der Waals surface area contributed by atoms with Gasteiger partial charge < -0.3 is 15.2 Å². The molecule has 0 saturated carbocycles. The molecule has 1 atom stereocenters. The van der Waals surface area contributed by atoms with Crippen LogP contribution in [0, 0.1) is 5.92 Å². The first-order valence-corrected chi connectivity index (χ1v) is 4.59. The van der Waals surface area contributed by atoms with E-state index in [0.717, 1.165) is 4.90 Å². The number of amides is 2. The van der Waals surface area contributed by atoms with Crippen LogP contribution in [0.5, 0.6) is 0 Å². The van der Waals surface area contributed by atoms with Crippen molar-refractivity contribution in [3.8, 4) is 0 Å². The number of likely N-dealkylation sites (N-methyl/N-ethyl adjacent to an activating group) is 1. The average molecular weight is 216 g/mol. The van der Waals surface area contributed by atoms with Crippen LogP contribution in [-0.2, 0) is 9.59 Å². The van der Waals surface area contributed by atoms with Crippen LogP contribution in [0.1, 0.15) is 13.8 Å². The Morgan fingerprint density at radius 3 is 2.33 bits per heavy atom. The van der Waals surface area contributed by atoms with E-state index in [9.17, 15) is 14.4 Å². The first-order chi connectivity index (χ1) is 6.91. The van der Waals surface area contributed by atoms with E-state index >= 15 is 0 Å². The highest BCUT2D eigenvalue weighted by Gasteiger charge is 2.29. The van der Waals surface area contributed by atoms with Gasteiger partial charge in [0, 0.05) is 7.05 Å². The van der Waals surface area contributed by atoms with Crippen molar-refractivity contribution in [2.45, 2.75) is 19.9 Å².